The number of H-pyrrole nitrogens is 2. The third-order valence-corrected chi connectivity index (χ3v) is 10.9. The topological polar surface area (TPSA) is 75.8 Å². The van der Waals surface area contributed by atoms with E-state index in [2.05, 4.69) is 156 Å². The zero-order valence-corrected chi connectivity index (χ0v) is 30.6. The van der Waals surface area contributed by atoms with Crippen LogP contribution in [0.5, 0.6) is 0 Å². The first-order valence-electron chi connectivity index (χ1n) is 18.2. The molecule has 2 N–H and O–H groups in total. The van der Waals surface area contributed by atoms with Crippen LogP contribution in [0.15, 0.2) is 72.8 Å². The van der Waals surface area contributed by atoms with Crippen molar-refractivity contribution in [3.63, 3.8) is 0 Å². The van der Waals surface area contributed by atoms with Gasteiger partial charge in [-0.05, 0) is 120 Å². The number of hydrogen-bond donors (Lipinski definition) is 2. The molecule has 256 valence electrons. The Morgan fingerprint density at radius 1 is 0.569 bits per heavy atom. The second-order valence-electron chi connectivity index (χ2n) is 15.1. The molecule has 0 atom stereocenters. The van der Waals surface area contributed by atoms with Crippen LogP contribution >= 0.6 is 0 Å². The number of aryl methyl sites for hydroxylation is 3. The molecule has 1 fully saturated rings. The smallest absolute Gasteiger partial charge is 0.399 e. The Labute approximate surface area is 300 Å². The second kappa shape index (κ2) is 12.7. The molecule has 3 aromatic heterocycles. The van der Waals surface area contributed by atoms with E-state index in [0.29, 0.717) is 0 Å². The molecule has 8 rings (SSSR count). The zero-order valence-electron chi connectivity index (χ0n) is 30.6. The third-order valence-electron chi connectivity index (χ3n) is 10.9. The van der Waals surface area contributed by atoms with E-state index in [0.717, 1.165) is 91.8 Å². The van der Waals surface area contributed by atoms with Gasteiger partial charge in [-0.1, -0.05) is 73.0 Å². The van der Waals surface area contributed by atoms with Crippen molar-refractivity contribution in [2.24, 2.45) is 0 Å². The molecule has 8 bridgehead atoms. The lowest BCUT2D eigenvalue weighted by Crippen LogP contribution is -2.41. The predicted octanol–water partition coefficient (Wildman–Crippen LogP) is 10.2. The minimum absolute atomic E-state index is 0.531. The minimum atomic E-state index is -0.657. The molecule has 0 radical (unpaired) electrons. The molecule has 7 heteroatoms. The standard InChI is InChI=1S/C44H45BN4O2/c1-8-9-10-31-32-19-21-34(46-32)40(29-15-11-27(2)12-16-29)36-23-25-38(48-36)42(45-50-43(4,5)44(6,7)51-45)39-26-24-37(49-39)41(35-22-20-33(31)47-35)30-17-13-28(3)14-18-30/h11-26,46-47H,8-10H2,1-7H3. The lowest BCUT2D eigenvalue weighted by atomic mass is 9.76. The average molecular weight is 673 g/mol. The van der Waals surface area contributed by atoms with Gasteiger partial charge >= 0.3 is 7.12 Å². The highest BCUT2D eigenvalue weighted by molar-refractivity contribution is 6.64. The average Bonchev–Trinajstić information content (AvgIpc) is 3.94. The van der Waals surface area contributed by atoms with Crippen molar-refractivity contribution >= 4 is 59.0 Å². The van der Waals surface area contributed by atoms with Crippen molar-refractivity contribution in [3.05, 3.63) is 112 Å². The first-order chi connectivity index (χ1) is 24.5. The molecule has 3 aliphatic rings. The summed E-state index contributed by atoms with van der Waals surface area (Å²) in [6, 6.07) is 26.2. The first kappa shape index (κ1) is 33.2. The highest BCUT2D eigenvalue weighted by Crippen LogP contribution is 2.38. The third kappa shape index (κ3) is 5.98. The van der Waals surface area contributed by atoms with Crippen molar-refractivity contribution in [3.8, 4) is 22.3 Å². The van der Waals surface area contributed by atoms with Gasteiger partial charge in [-0.2, -0.15) is 0 Å². The van der Waals surface area contributed by atoms with Crippen LogP contribution in [0.4, 0.5) is 0 Å². The van der Waals surface area contributed by atoms with Gasteiger partial charge in [-0.15, -0.1) is 0 Å². The molecule has 2 aromatic carbocycles. The van der Waals surface area contributed by atoms with Gasteiger partial charge in [0.2, 0.25) is 0 Å². The number of rotatable bonds is 6. The summed E-state index contributed by atoms with van der Waals surface area (Å²) in [5.74, 6) is 0. The Balaban J connectivity index is 1.52. The number of unbranched alkanes of at least 4 members (excludes halogenated alkanes) is 1. The molecular formula is C44H45BN4O2. The predicted molar refractivity (Wildman–Crippen MR) is 214 cm³/mol. The summed E-state index contributed by atoms with van der Waals surface area (Å²) in [5.41, 5.74) is 15.3. The van der Waals surface area contributed by atoms with Crippen LogP contribution < -0.4 is 5.46 Å². The van der Waals surface area contributed by atoms with E-state index in [-0.39, 0.29) is 0 Å². The summed E-state index contributed by atoms with van der Waals surface area (Å²) in [7, 11) is -0.657. The van der Waals surface area contributed by atoms with E-state index in [4.69, 9.17) is 19.3 Å². The quantitative estimate of drug-likeness (QED) is 0.173. The van der Waals surface area contributed by atoms with Crippen LogP contribution in [0.2, 0.25) is 0 Å². The monoisotopic (exact) mass is 672 g/mol. The summed E-state index contributed by atoms with van der Waals surface area (Å²) in [4.78, 5) is 18.4. The van der Waals surface area contributed by atoms with Gasteiger partial charge in [0.25, 0.3) is 0 Å². The summed E-state index contributed by atoms with van der Waals surface area (Å²) >= 11 is 0. The van der Waals surface area contributed by atoms with Gasteiger partial charge in [0, 0.05) is 38.7 Å². The number of hydrogen-bond acceptors (Lipinski definition) is 4. The maximum absolute atomic E-state index is 6.71. The molecule has 0 unspecified atom stereocenters. The number of fused-ring (bicyclic) bond motifs is 8. The van der Waals surface area contributed by atoms with Gasteiger partial charge in [0.05, 0.1) is 34.0 Å². The summed E-state index contributed by atoms with van der Waals surface area (Å²) in [5, 5.41) is 0. The number of benzene rings is 2. The Hall–Kier alpha value is -4.98. The van der Waals surface area contributed by atoms with E-state index in [1.807, 2.05) is 0 Å². The number of aromatic amines is 2. The van der Waals surface area contributed by atoms with E-state index in [9.17, 15) is 0 Å². The largest absolute Gasteiger partial charge is 0.499 e. The Morgan fingerprint density at radius 3 is 1.41 bits per heavy atom. The molecule has 51 heavy (non-hydrogen) atoms. The van der Waals surface area contributed by atoms with Crippen LogP contribution in [0, 0.1) is 13.8 Å². The zero-order chi connectivity index (χ0) is 35.5. The maximum Gasteiger partial charge on any atom is 0.499 e. The Kier molecular flexibility index (Phi) is 8.24. The fourth-order valence-electron chi connectivity index (χ4n) is 7.16. The van der Waals surface area contributed by atoms with E-state index < -0.39 is 18.3 Å². The normalized spacial score (nSPS) is 15.9. The van der Waals surface area contributed by atoms with Crippen LogP contribution in [-0.2, 0) is 15.7 Å². The van der Waals surface area contributed by atoms with E-state index in [1.165, 1.54) is 16.7 Å². The molecule has 3 aliphatic heterocycles. The van der Waals surface area contributed by atoms with Gasteiger partial charge in [0.15, 0.2) is 0 Å². The lowest BCUT2D eigenvalue weighted by molar-refractivity contribution is 0.00578. The number of nitrogens with zero attached hydrogens (tertiary/aromatic N) is 2. The molecular weight excluding hydrogens is 627 g/mol. The molecule has 1 saturated heterocycles. The summed E-state index contributed by atoms with van der Waals surface area (Å²) in [6.07, 6.45) is 11.5. The van der Waals surface area contributed by atoms with Crippen molar-refractivity contribution in [1.82, 2.24) is 19.9 Å². The lowest BCUT2D eigenvalue weighted by Gasteiger charge is -2.32. The Bertz CT molecular complexity index is 2220. The van der Waals surface area contributed by atoms with E-state index >= 15 is 0 Å². The SMILES string of the molecule is CCCCc1c2ccc([nH]2)c(-c2ccc(C)cc2)c2nc(c(B3OC(C)(C)C(C)(C)O3)c3nc(c(-c4ccc(C)cc4)c4ccc1[nH]4)C=C3)C=C2. The van der Waals surface area contributed by atoms with E-state index in [1.54, 1.807) is 0 Å². The van der Waals surface area contributed by atoms with Crippen molar-refractivity contribution in [1.29, 1.82) is 0 Å². The molecule has 5 aromatic rings. The molecule has 6 heterocycles. The van der Waals surface area contributed by atoms with Crippen molar-refractivity contribution in [2.75, 3.05) is 0 Å². The first-order valence-corrected chi connectivity index (χ1v) is 18.2. The maximum atomic E-state index is 6.71. The van der Waals surface area contributed by atoms with Crippen molar-refractivity contribution < 1.29 is 9.31 Å². The fraction of sp³-hybridized carbons (Fsp3) is 0.273. The summed E-state index contributed by atoms with van der Waals surface area (Å²) in [6.45, 7) is 14.8. The number of nitrogens with one attached hydrogen (secondary N) is 2. The minimum Gasteiger partial charge on any atom is -0.399 e. The highest BCUT2D eigenvalue weighted by atomic mass is 16.7. The van der Waals surface area contributed by atoms with Crippen molar-refractivity contribution in [2.45, 2.75) is 78.9 Å². The summed E-state index contributed by atoms with van der Waals surface area (Å²) < 4.78 is 13.4. The van der Waals surface area contributed by atoms with Gasteiger partial charge in [0.1, 0.15) is 0 Å². The van der Waals surface area contributed by atoms with Crippen LogP contribution in [0.1, 0.15) is 86.9 Å². The molecule has 0 saturated carbocycles. The van der Waals surface area contributed by atoms with Gasteiger partial charge in [-0.25, -0.2) is 9.97 Å². The van der Waals surface area contributed by atoms with Gasteiger partial charge < -0.3 is 19.3 Å². The van der Waals surface area contributed by atoms with Crippen LogP contribution in [0.25, 0.3) is 68.6 Å². The molecule has 6 nitrogen and oxygen atoms in total. The molecule has 0 aliphatic carbocycles. The van der Waals surface area contributed by atoms with Crippen LogP contribution in [-0.4, -0.2) is 38.3 Å². The fourth-order valence-corrected chi connectivity index (χ4v) is 7.16. The Morgan fingerprint density at radius 2 is 0.980 bits per heavy atom. The highest BCUT2D eigenvalue weighted by Gasteiger charge is 2.53. The number of aromatic nitrogens is 4. The van der Waals surface area contributed by atoms with Crippen LogP contribution in [0.3, 0.4) is 0 Å². The molecule has 0 amide bonds. The molecule has 0 spiro atoms. The van der Waals surface area contributed by atoms with Gasteiger partial charge in [-0.3, -0.25) is 0 Å². The second-order valence-corrected chi connectivity index (χ2v) is 15.1.